The van der Waals surface area contributed by atoms with E-state index in [0.717, 1.165) is 30.6 Å². The number of carbonyl (C=O) groups excluding carboxylic acids is 5. The third kappa shape index (κ3) is 7.37. The van der Waals surface area contributed by atoms with Gasteiger partial charge in [0.1, 0.15) is 29.8 Å². The second kappa shape index (κ2) is 14.8. The van der Waals surface area contributed by atoms with E-state index in [1.807, 2.05) is 0 Å². The Kier molecular flexibility index (Phi) is 9.98. The lowest BCUT2D eigenvalue weighted by Crippen LogP contribution is -2.74. The van der Waals surface area contributed by atoms with Gasteiger partial charge in [-0.3, -0.25) is 34.2 Å². The number of hydrogen-bond acceptors (Lipinski definition) is 13. The number of nitrogens with two attached hydrogens (primary N) is 1. The van der Waals surface area contributed by atoms with E-state index in [1.165, 1.54) is 6.07 Å². The monoisotopic (exact) mass is 728 g/mol. The number of benzene rings is 2. The van der Waals surface area contributed by atoms with Gasteiger partial charge in [-0.2, -0.15) is 0 Å². The van der Waals surface area contributed by atoms with E-state index in [2.05, 4.69) is 20.8 Å². The molecular formula is C37H40N6O10. The number of imide groups is 2. The van der Waals surface area contributed by atoms with Crippen LogP contribution in [0.25, 0.3) is 11.3 Å². The Hall–Kier alpha value is -5.61. The van der Waals surface area contributed by atoms with Gasteiger partial charge in [-0.25, -0.2) is 0 Å². The fraction of sp³-hybridized carbons (Fsp3) is 0.432. The highest BCUT2D eigenvalue weighted by atomic mass is 16.5. The lowest BCUT2D eigenvalue weighted by atomic mass is 9.38. The number of piperidine rings is 1. The standard InChI is InChI=1S/C37H40N6O10/c38-32-28(18-24(41-42-32)22-4-1-2-6-26(22)44)52-13-11-36-19-37(20-36,21-36)40-30(46)10-12-50-14-15-51-16-17-53-27-7-3-5-23-31(27)35(49)43(34(23)48)25-8-9-29(45)39-33(25)47/h1-7,18,25,44H,8-17,19-21H2,(H2,38,42)(H,40,46)(H,39,45,47). The van der Waals surface area contributed by atoms with Gasteiger partial charge in [-0.1, -0.05) is 18.2 Å². The number of carbonyl (C=O) groups is 5. The van der Waals surface area contributed by atoms with Crippen molar-refractivity contribution >= 4 is 35.4 Å². The second-order valence-electron chi connectivity index (χ2n) is 13.9. The Morgan fingerprint density at radius 3 is 2.38 bits per heavy atom. The number of rotatable bonds is 17. The van der Waals surface area contributed by atoms with Crippen LogP contribution in [0.15, 0.2) is 48.5 Å². The third-order valence-electron chi connectivity index (χ3n) is 10.2. The van der Waals surface area contributed by atoms with Gasteiger partial charge in [-0.15, -0.1) is 10.2 Å². The van der Waals surface area contributed by atoms with Crippen LogP contribution in [0.3, 0.4) is 0 Å². The number of anilines is 1. The maximum absolute atomic E-state index is 13.2. The highest BCUT2D eigenvalue weighted by molar-refractivity contribution is 6.24. The second-order valence-corrected chi connectivity index (χ2v) is 13.9. The highest BCUT2D eigenvalue weighted by Gasteiger charge is 2.67. The highest BCUT2D eigenvalue weighted by Crippen LogP contribution is 2.68. The van der Waals surface area contributed by atoms with Crippen LogP contribution in [0.4, 0.5) is 5.82 Å². The van der Waals surface area contributed by atoms with Crippen molar-refractivity contribution in [1.82, 2.24) is 25.7 Å². The Balaban J connectivity index is 0.746. The van der Waals surface area contributed by atoms with Gasteiger partial charge in [0.25, 0.3) is 11.8 Å². The van der Waals surface area contributed by atoms with Crippen molar-refractivity contribution in [3.05, 3.63) is 59.7 Å². The normalized spacial score (nSPS) is 22.8. The predicted molar refractivity (Wildman–Crippen MR) is 186 cm³/mol. The summed E-state index contributed by atoms with van der Waals surface area (Å²) >= 11 is 0. The first-order chi connectivity index (χ1) is 25.6. The van der Waals surface area contributed by atoms with Crippen molar-refractivity contribution in [1.29, 1.82) is 0 Å². The minimum absolute atomic E-state index is 0.0382. The molecular weight excluding hydrogens is 688 g/mol. The fourth-order valence-corrected chi connectivity index (χ4v) is 7.75. The van der Waals surface area contributed by atoms with Crippen LogP contribution in [-0.4, -0.2) is 101 Å². The molecule has 2 bridgehead atoms. The molecule has 5 amide bonds. The Bertz CT molecular complexity index is 1930. The van der Waals surface area contributed by atoms with Gasteiger partial charge in [0.05, 0.1) is 44.2 Å². The van der Waals surface area contributed by atoms with E-state index < -0.39 is 29.7 Å². The van der Waals surface area contributed by atoms with Crippen LogP contribution < -0.4 is 25.8 Å². The minimum Gasteiger partial charge on any atom is -0.507 e. The van der Waals surface area contributed by atoms with Crippen LogP contribution >= 0.6 is 0 Å². The molecule has 3 saturated carbocycles. The van der Waals surface area contributed by atoms with Crippen molar-refractivity contribution in [2.24, 2.45) is 5.41 Å². The summed E-state index contributed by atoms with van der Waals surface area (Å²) in [6.07, 6.45) is 3.85. The van der Waals surface area contributed by atoms with Crippen molar-refractivity contribution in [2.75, 3.05) is 45.4 Å². The maximum atomic E-state index is 13.2. The van der Waals surface area contributed by atoms with Crippen LogP contribution in [0.5, 0.6) is 17.2 Å². The van der Waals surface area contributed by atoms with Crippen molar-refractivity contribution < 1.29 is 48.0 Å². The molecule has 1 saturated heterocycles. The number of ether oxygens (including phenoxy) is 4. The van der Waals surface area contributed by atoms with Gasteiger partial charge in [0, 0.05) is 30.0 Å². The number of nitrogens with one attached hydrogen (secondary N) is 2. The van der Waals surface area contributed by atoms with Gasteiger partial charge in [-0.05, 0) is 61.8 Å². The zero-order chi connectivity index (χ0) is 37.2. The number of nitrogen functional groups attached to an aromatic ring is 1. The molecule has 5 N–H and O–H groups in total. The molecule has 16 heteroatoms. The van der Waals surface area contributed by atoms with Gasteiger partial charge >= 0.3 is 0 Å². The molecule has 1 unspecified atom stereocenters. The Morgan fingerprint density at radius 1 is 0.887 bits per heavy atom. The summed E-state index contributed by atoms with van der Waals surface area (Å²) in [4.78, 5) is 63.4. The number of aromatic nitrogens is 2. The van der Waals surface area contributed by atoms with Gasteiger partial charge < -0.3 is 35.1 Å². The molecule has 8 rings (SSSR count). The molecule has 0 spiro atoms. The number of phenolic OH excluding ortho intramolecular Hbond substituents is 1. The molecule has 278 valence electrons. The van der Waals surface area contributed by atoms with Gasteiger partial charge in [0.15, 0.2) is 11.6 Å². The zero-order valence-electron chi connectivity index (χ0n) is 28.9. The molecule has 3 aliphatic carbocycles. The number of nitrogens with zero attached hydrogens (tertiary/aromatic N) is 3. The molecule has 5 aliphatic rings. The van der Waals surface area contributed by atoms with Crippen LogP contribution in [-0.2, 0) is 23.9 Å². The van der Waals surface area contributed by atoms with E-state index >= 15 is 0 Å². The first kappa shape index (κ1) is 35.8. The van der Waals surface area contributed by atoms with E-state index in [-0.39, 0.29) is 97.6 Å². The van der Waals surface area contributed by atoms with Crippen molar-refractivity contribution in [2.45, 2.75) is 56.5 Å². The molecule has 1 aromatic heterocycles. The SMILES string of the molecule is Nc1nnc(-c2ccccc2O)cc1OCCC12CC(NC(=O)CCOCCOCCOc3cccc4c3C(=O)N(C3CCC(=O)NC3=O)C4=O)(C1)C2. The minimum atomic E-state index is -1.05. The molecule has 4 fully saturated rings. The third-order valence-corrected chi connectivity index (χ3v) is 10.2. The summed E-state index contributed by atoms with van der Waals surface area (Å²) in [5.74, 6) is -1.52. The maximum Gasteiger partial charge on any atom is 0.266 e. The summed E-state index contributed by atoms with van der Waals surface area (Å²) in [5.41, 5.74) is 7.19. The van der Waals surface area contributed by atoms with Crippen LogP contribution in [0.2, 0.25) is 0 Å². The first-order valence-corrected chi connectivity index (χ1v) is 17.6. The summed E-state index contributed by atoms with van der Waals surface area (Å²) in [6.45, 7) is 1.53. The number of aromatic hydroxyl groups is 1. The summed E-state index contributed by atoms with van der Waals surface area (Å²) in [5, 5.41) is 23.5. The smallest absolute Gasteiger partial charge is 0.266 e. The Labute approximate surface area is 304 Å². The van der Waals surface area contributed by atoms with Crippen LogP contribution in [0.1, 0.15) is 65.7 Å². The lowest BCUT2D eigenvalue weighted by molar-refractivity contribution is -0.171. The largest absolute Gasteiger partial charge is 0.507 e. The number of amides is 5. The molecule has 16 nitrogen and oxygen atoms in total. The molecule has 53 heavy (non-hydrogen) atoms. The van der Waals surface area contributed by atoms with Gasteiger partial charge in [0.2, 0.25) is 17.7 Å². The fourth-order valence-electron chi connectivity index (χ4n) is 7.75. The van der Waals surface area contributed by atoms with E-state index in [9.17, 15) is 29.1 Å². The first-order valence-electron chi connectivity index (χ1n) is 17.6. The van der Waals surface area contributed by atoms with Crippen LogP contribution in [0, 0.1) is 5.41 Å². The van der Waals surface area contributed by atoms with E-state index in [0.29, 0.717) is 23.6 Å². The summed E-state index contributed by atoms with van der Waals surface area (Å²) in [7, 11) is 0. The number of fused-ring (bicyclic) bond motifs is 1. The average molecular weight is 729 g/mol. The zero-order valence-corrected chi connectivity index (χ0v) is 28.9. The number of para-hydroxylation sites is 1. The van der Waals surface area contributed by atoms with E-state index in [4.69, 9.17) is 24.7 Å². The summed E-state index contributed by atoms with van der Waals surface area (Å²) < 4.78 is 22.8. The van der Waals surface area contributed by atoms with Crippen molar-refractivity contribution in [3.8, 4) is 28.5 Å². The van der Waals surface area contributed by atoms with Crippen molar-refractivity contribution in [3.63, 3.8) is 0 Å². The van der Waals surface area contributed by atoms with E-state index in [1.54, 1.807) is 42.5 Å². The molecule has 0 radical (unpaired) electrons. The molecule has 2 aromatic carbocycles. The molecule has 3 heterocycles. The topological polar surface area (TPSA) is 222 Å². The number of hydrogen-bond donors (Lipinski definition) is 4. The Morgan fingerprint density at radius 2 is 1.60 bits per heavy atom. The predicted octanol–water partition coefficient (Wildman–Crippen LogP) is 2.14. The molecule has 2 aliphatic heterocycles. The quantitative estimate of drug-likeness (QED) is 0.116. The molecule has 3 aromatic rings. The summed E-state index contributed by atoms with van der Waals surface area (Å²) in [6, 6.07) is 12.1. The molecule has 1 atom stereocenters. The lowest BCUT2D eigenvalue weighted by Gasteiger charge is -2.71. The number of phenols is 1. The average Bonchev–Trinajstić information content (AvgIpc) is 3.36.